The van der Waals surface area contributed by atoms with Crippen molar-refractivity contribution in [1.29, 1.82) is 0 Å². The lowest BCUT2D eigenvalue weighted by Gasteiger charge is -2.35. The van der Waals surface area contributed by atoms with Gasteiger partial charge in [0.1, 0.15) is 22.9 Å². The topological polar surface area (TPSA) is 78.4 Å². The van der Waals surface area contributed by atoms with Gasteiger partial charge in [-0.15, -0.1) is 6.42 Å². The minimum absolute atomic E-state index is 0.0440. The van der Waals surface area contributed by atoms with Crippen LogP contribution in [0.3, 0.4) is 0 Å². The molecule has 158 valence electrons. The van der Waals surface area contributed by atoms with E-state index in [-0.39, 0.29) is 16.6 Å². The van der Waals surface area contributed by atoms with E-state index in [1.807, 2.05) is 35.2 Å². The third-order valence-corrected chi connectivity index (χ3v) is 5.04. The number of hydrogen-bond acceptors (Lipinski definition) is 5. The predicted octanol–water partition coefficient (Wildman–Crippen LogP) is 1.97. The first-order chi connectivity index (χ1) is 14.8. The van der Waals surface area contributed by atoms with Crippen LogP contribution < -0.4 is 10.2 Å². The van der Waals surface area contributed by atoms with Crippen molar-refractivity contribution in [3.63, 3.8) is 0 Å². The fourth-order valence-corrected chi connectivity index (χ4v) is 3.23. The molecule has 31 heavy (non-hydrogen) atoms. The maximum absolute atomic E-state index is 12.8. The van der Waals surface area contributed by atoms with Crippen molar-refractivity contribution in [2.75, 3.05) is 31.1 Å². The van der Waals surface area contributed by atoms with Crippen molar-refractivity contribution in [3.8, 4) is 24.2 Å². The number of piperazine rings is 1. The van der Waals surface area contributed by atoms with Crippen molar-refractivity contribution in [1.82, 2.24) is 20.2 Å². The number of anilines is 1. The molecule has 0 atom stereocenters. The second kappa shape index (κ2) is 9.51. The van der Waals surface area contributed by atoms with Gasteiger partial charge in [0, 0.05) is 37.7 Å². The number of hydrogen-bond donors (Lipinski definition) is 1. The summed E-state index contributed by atoms with van der Waals surface area (Å²) in [7, 11) is 0. The number of benzene rings is 1. The number of aromatic nitrogens is 2. The summed E-state index contributed by atoms with van der Waals surface area (Å²) in [6, 6.07) is 9.35. The lowest BCUT2D eigenvalue weighted by Crippen LogP contribution is -2.49. The molecule has 2 aromatic rings. The zero-order chi connectivity index (χ0) is 22.4. The van der Waals surface area contributed by atoms with Crippen LogP contribution in [0.2, 0.25) is 5.15 Å². The summed E-state index contributed by atoms with van der Waals surface area (Å²) in [5.41, 5.74) is 0.0996. The van der Waals surface area contributed by atoms with Crippen LogP contribution in [0.25, 0.3) is 0 Å². The Morgan fingerprint density at radius 3 is 2.45 bits per heavy atom. The predicted molar refractivity (Wildman–Crippen MR) is 120 cm³/mol. The molecule has 0 bridgehead atoms. The lowest BCUT2D eigenvalue weighted by molar-refractivity contribution is -0.125. The Bertz CT molecular complexity index is 1070. The summed E-state index contributed by atoms with van der Waals surface area (Å²) in [5, 5.41) is 2.80. The Kier molecular flexibility index (Phi) is 6.79. The molecule has 1 N–H and O–H groups in total. The molecule has 2 amide bonds. The summed E-state index contributed by atoms with van der Waals surface area (Å²) in [6.45, 7) is 5.27. The van der Waals surface area contributed by atoms with Gasteiger partial charge >= 0.3 is 0 Å². The zero-order valence-corrected chi connectivity index (χ0v) is 18.1. The van der Waals surface area contributed by atoms with E-state index in [1.165, 1.54) is 6.33 Å². The average Bonchev–Trinajstić information content (AvgIpc) is 2.77. The molecule has 1 saturated heterocycles. The SMILES string of the molecule is C#CC(C)(C)NC(=O)c1c(Cl)ncnc1N1CCN(C(=O)C#Cc2ccccc2)CC1. The van der Waals surface area contributed by atoms with Gasteiger partial charge in [0.15, 0.2) is 0 Å². The Morgan fingerprint density at radius 2 is 1.81 bits per heavy atom. The second-order valence-electron chi connectivity index (χ2n) is 7.48. The third-order valence-electron chi connectivity index (χ3n) is 4.75. The molecule has 7 nitrogen and oxygen atoms in total. The van der Waals surface area contributed by atoms with Gasteiger partial charge in [-0.05, 0) is 26.0 Å². The van der Waals surface area contributed by atoms with E-state index in [2.05, 4.69) is 33.0 Å². The molecule has 1 fully saturated rings. The van der Waals surface area contributed by atoms with Crippen LogP contribution in [-0.2, 0) is 4.79 Å². The molecular weight excluding hydrogens is 414 g/mol. The highest BCUT2D eigenvalue weighted by atomic mass is 35.5. The van der Waals surface area contributed by atoms with Gasteiger partial charge < -0.3 is 15.1 Å². The van der Waals surface area contributed by atoms with Crippen LogP contribution in [0.15, 0.2) is 36.7 Å². The first-order valence-electron chi connectivity index (χ1n) is 9.72. The summed E-state index contributed by atoms with van der Waals surface area (Å²) in [4.78, 5) is 37.0. The van der Waals surface area contributed by atoms with Gasteiger partial charge in [0.05, 0.1) is 5.54 Å². The number of rotatable bonds is 3. The molecule has 0 spiro atoms. The fraction of sp³-hybridized carbons (Fsp3) is 0.304. The van der Waals surface area contributed by atoms with Gasteiger partial charge in [0.2, 0.25) is 0 Å². The second-order valence-corrected chi connectivity index (χ2v) is 7.84. The maximum Gasteiger partial charge on any atom is 0.298 e. The zero-order valence-electron chi connectivity index (χ0n) is 17.4. The highest BCUT2D eigenvalue weighted by Crippen LogP contribution is 2.25. The van der Waals surface area contributed by atoms with Gasteiger partial charge in [0.25, 0.3) is 11.8 Å². The monoisotopic (exact) mass is 435 g/mol. The normalized spacial score (nSPS) is 13.6. The van der Waals surface area contributed by atoms with Crippen molar-refractivity contribution in [2.24, 2.45) is 0 Å². The Hall–Kier alpha value is -3.55. The maximum atomic E-state index is 12.8. The van der Waals surface area contributed by atoms with Crippen molar-refractivity contribution < 1.29 is 9.59 Å². The molecule has 1 aromatic heterocycles. The molecule has 0 unspecified atom stereocenters. The molecule has 0 saturated carbocycles. The smallest absolute Gasteiger partial charge is 0.298 e. The van der Waals surface area contributed by atoms with E-state index >= 15 is 0 Å². The molecule has 0 aliphatic carbocycles. The van der Waals surface area contributed by atoms with E-state index in [4.69, 9.17) is 18.0 Å². The number of nitrogens with one attached hydrogen (secondary N) is 1. The van der Waals surface area contributed by atoms with Crippen LogP contribution >= 0.6 is 11.6 Å². The lowest BCUT2D eigenvalue weighted by atomic mass is 10.1. The molecule has 1 aliphatic heterocycles. The van der Waals surface area contributed by atoms with Crippen LogP contribution in [0.4, 0.5) is 5.82 Å². The number of terminal acetylenes is 1. The minimum atomic E-state index is -0.851. The van der Waals surface area contributed by atoms with E-state index in [1.54, 1.807) is 18.7 Å². The standard InChI is InChI=1S/C23H22ClN5O2/c1-4-23(2,3)27-22(31)19-20(24)25-16-26-21(19)29-14-12-28(13-15-29)18(30)11-10-17-8-6-5-7-9-17/h1,5-9,16H,12-15H2,2-3H3,(H,27,31). The largest absolute Gasteiger partial charge is 0.352 e. The Labute approximate surface area is 186 Å². The molecular formula is C23H22ClN5O2. The summed E-state index contributed by atoms with van der Waals surface area (Å²) < 4.78 is 0. The van der Waals surface area contributed by atoms with E-state index < -0.39 is 11.4 Å². The van der Waals surface area contributed by atoms with E-state index in [0.29, 0.717) is 32.0 Å². The van der Waals surface area contributed by atoms with Gasteiger partial charge in [-0.3, -0.25) is 9.59 Å². The highest BCUT2D eigenvalue weighted by Gasteiger charge is 2.28. The van der Waals surface area contributed by atoms with E-state index in [0.717, 1.165) is 5.56 Å². The first kappa shape index (κ1) is 22.1. The molecule has 1 aromatic carbocycles. The van der Waals surface area contributed by atoms with Crippen molar-refractivity contribution in [3.05, 3.63) is 52.9 Å². The van der Waals surface area contributed by atoms with Crippen LogP contribution in [0, 0.1) is 24.2 Å². The quantitative estimate of drug-likeness (QED) is 0.589. The van der Waals surface area contributed by atoms with Crippen LogP contribution in [-0.4, -0.2) is 58.4 Å². The molecule has 3 rings (SSSR count). The summed E-state index contributed by atoms with van der Waals surface area (Å²) in [5.74, 6) is 7.80. The number of amides is 2. The molecule has 1 aliphatic rings. The minimum Gasteiger partial charge on any atom is -0.352 e. The van der Waals surface area contributed by atoms with Gasteiger partial charge in [-0.1, -0.05) is 41.6 Å². The van der Waals surface area contributed by atoms with E-state index in [9.17, 15) is 9.59 Å². The first-order valence-corrected chi connectivity index (χ1v) is 10.1. The highest BCUT2D eigenvalue weighted by molar-refractivity contribution is 6.33. The fourth-order valence-electron chi connectivity index (χ4n) is 3.02. The summed E-state index contributed by atoms with van der Waals surface area (Å²) in [6.07, 6.45) is 6.78. The van der Waals surface area contributed by atoms with Crippen molar-refractivity contribution >= 4 is 29.2 Å². The molecule has 0 radical (unpaired) electrons. The Balaban J connectivity index is 1.71. The number of carbonyl (C=O) groups is 2. The van der Waals surface area contributed by atoms with Crippen LogP contribution in [0.5, 0.6) is 0 Å². The van der Waals surface area contributed by atoms with Gasteiger partial charge in [-0.2, -0.15) is 0 Å². The van der Waals surface area contributed by atoms with Gasteiger partial charge in [-0.25, -0.2) is 9.97 Å². The summed E-state index contributed by atoms with van der Waals surface area (Å²) >= 11 is 6.22. The number of carbonyl (C=O) groups excluding carboxylic acids is 2. The number of nitrogens with zero attached hydrogens (tertiary/aromatic N) is 4. The van der Waals surface area contributed by atoms with Crippen LogP contribution in [0.1, 0.15) is 29.8 Å². The Morgan fingerprint density at radius 1 is 1.13 bits per heavy atom. The average molecular weight is 436 g/mol. The third kappa shape index (κ3) is 5.53. The number of halogens is 1. The molecule has 2 heterocycles. The van der Waals surface area contributed by atoms with Crippen molar-refractivity contribution in [2.45, 2.75) is 19.4 Å². The molecule has 8 heteroatoms.